The number of hydrogen-bond acceptors (Lipinski definition) is 6. The second-order valence-corrected chi connectivity index (χ2v) is 12.8. The van der Waals surface area contributed by atoms with Gasteiger partial charge in [-0.15, -0.1) is 11.3 Å². The van der Waals surface area contributed by atoms with Gasteiger partial charge in [0.1, 0.15) is 22.0 Å². The average Bonchev–Trinajstić information content (AvgIpc) is 3.37. The summed E-state index contributed by atoms with van der Waals surface area (Å²) in [4.78, 5) is 13.2. The third kappa shape index (κ3) is 4.82. The van der Waals surface area contributed by atoms with E-state index >= 15 is 0 Å². The van der Waals surface area contributed by atoms with E-state index in [1.165, 1.54) is 28.2 Å². The van der Waals surface area contributed by atoms with Crippen LogP contribution in [0.3, 0.4) is 0 Å². The van der Waals surface area contributed by atoms with Crippen molar-refractivity contribution in [3.63, 3.8) is 0 Å². The lowest BCUT2D eigenvalue weighted by Crippen LogP contribution is -3.11. The van der Waals surface area contributed by atoms with Gasteiger partial charge in [0.15, 0.2) is 0 Å². The Bertz CT molecular complexity index is 1320. The number of sulfonamides is 1. The Labute approximate surface area is 213 Å². The first-order valence-electron chi connectivity index (χ1n) is 11.9. The van der Waals surface area contributed by atoms with Gasteiger partial charge in [-0.05, 0) is 74.5 Å². The molecule has 0 unspecified atom stereocenters. The van der Waals surface area contributed by atoms with Crippen molar-refractivity contribution in [2.75, 3.05) is 19.7 Å². The average molecular weight is 566 g/mol. The largest absolute Gasteiger partial charge is 0.493 e. The van der Waals surface area contributed by atoms with Crippen LogP contribution < -0.4 is 9.64 Å². The molecule has 0 radical (unpaired) electrons. The van der Waals surface area contributed by atoms with E-state index in [0.717, 1.165) is 48.5 Å². The smallest absolute Gasteiger partial charge is 0.206 e. The number of nitrogens with one attached hydrogen (secondary N) is 1. The Hall–Kier alpha value is -1.75. The fraction of sp³-hybridized carbons (Fsp3) is 0.500. The van der Waals surface area contributed by atoms with Gasteiger partial charge >= 0.3 is 0 Å². The van der Waals surface area contributed by atoms with Crippen molar-refractivity contribution in [1.82, 2.24) is 9.97 Å². The molecule has 182 valence electrons. The van der Waals surface area contributed by atoms with E-state index in [9.17, 15) is 8.42 Å². The zero-order valence-corrected chi connectivity index (χ0v) is 22.7. The van der Waals surface area contributed by atoms with Crippen molar-refractivity contribution >= 4 is 53.3 Å². The van der Waals surface area contributed by atoms with Crippen molar-refractivity contribution in [1.29, 1.82) is 0 Å². The summed E-state index contributed by atoms with van der Waals surface area (Å²) in [5.41, 5.74) is 1.17. The molecule has 3 heterocycles. The first kappa shape index (κ1) is 24.0. The van der Waals surface area contributed by atoms with Gasteiger partial charge in [-0.2, -0.15) is 0 Å². The molecule has 2 aromatic heterocycles. The van der Waals surface area contributed by atoms with Crippen LogP contribution >= 0.6 is 27.3 Å². The van der Waals surface area contributed by atoms with Gasteiger partial charge in [-0.25, -0.2) is 13.4 Å². The van der Waals surface area contributed by atoms with Crippen molar-refractivity contribution in [2.24, 2.45) is 5.92 Å². The summed E-state index contributed by atoms with van der Waals surface area (Å²) >= 11 is 5.05. The molecule has 0 amide bonds. The van der Waals surface area contributed by atoms with E-state index in [1.807, 2.05) is 6.92 Å². The van der Waals surface area contributed by atoms with Crippen molar-refractivity contribution < 1.29 is 18.1 Å². The SMILES string of the molecule is CCOc1ccc(Br)cc1S(=O)(=O)[N-]c1nc(C[NH+]2CCC(C)CC2)nc2sc3c(c12)CCC3. The Kier molecular flexibility index (Phi) is 6.85. The summed E-state index contributed by atoms with van der Waals surface area (Å²) in [6.07, 6.45) is 5.38. The van der Waals surface area contributed by atoms with Crippen LogP contribution in [0.1, 0.15) is 49.4 Å². The number of nitrogens with zero attached hydrogens (tertiary/aromatic N) is 3. The maximum Gasteiger partial charge on any atom is 0.206 e. The first-order chi connectivity index (χ1) is 16.3. The van der Waals surface area contributed by atoms with Crippen molar-refractivity contribution in [3.05, 3.63) is 43.7 Å². The molecule has 1 saturated heterocycles. The van der Waals surface area contributed by atoms with Gasteiger partial charge in [0.25, 0.3) is 0 Å². The highest BCUT2D eigenvalue weighted by molar-refractivity contribution is 9.10. The molecular formula is C24H29BrN4O3S2. The normalized spacial score (nSPS) is 20.4. The van der Waals surface area contributed by atoms with E-state index in [2.05, 4.69) is 27.6 Å². The lowest BCUT2D eigenvalue weighted by atomic mass is 9.99. The van der Waals surface area contributed by atoms with Crippen molar-refractivity contribution in [3.8, 4) is 5.75 Å². The molecule has 34 heavy (non-hydrogen) atoms. The second kappa shape index (κ2) is 9.72. The number of aromatic nitrogens is 2. The number of fused-ring (bicyclic) bond motifs is 3. The minimum absolute atomic E-state index is 0.0413. The fourth-order valence-corrected chi connectivity index (χ4v) is 7.76. The topological polar surface area (TPSA) is 87.7 Å². The van der Waals surface area contributed by atoms with Crippen LogP contribution in [-0.4, -0.2) is 38.1 Å². The highest BCUT2D eigenvalue weighted by Gasteiger charge is 2.24. The summed E-state index contributed by atoms with van der Waals surface area (Å²) in [5, 5.41) is 0.806. The zero-order valence-electron chi connectivity index (χ0n) is 19.4. The summed E-state index contributed by atoms with van der Waals surface area (Å²) in [6.45, 7) is 7.35. The lowest BCUT2D eigenvalue weighted by molar-refractivity contribution is -0.920. The number of benzene rings is 1. The predicted octanol–water partition coefficient (Wildman–Crippen LogP) is 4.55. The molecular weight excluding hydrogens is 536 g/mol. The second-order valence-electron chi connectivity index (χ2n) is 9.20. The minimum atomic E-state index is -4.06. The molecule has 7 nitrogen and oxygen atoms in total. The molecule has 3 aromatic rings. The molecule has 0 atom stereocenters. The molecule has 10 heteroatoms. The van der Waals surface area contributed by atoms with Gasteiger partial charge in [-0.3, -0.25) is 0 Å². The molecule has 2 aliphatic rings. The van der Waals surface area contributed by atoms with Gasteiger partial charge in [0.2, 0.25) is 10.0 Å². The van der Waals surface area contributed by atoms with Crippen molar-refractivity contribution in [2.45, 2.75) is 57.4 Å². The molecule has 1 N–H and O–H groups in total. The standard InChI is InChI=1S/C24H28BrN4O3S2/c1-3-32-18-8-7-16(25)13-20(18)34(30,31)28-23-22-17-5-4-6-19(17)33-24(22)27-21(26-23)14-29-11-9-15(2)10-12-29/h7-8,13,15H,3-6,9-12,14H2,1-2H3/q-1/p+1. The monoisotopic (exact) mass is 564 g/mol. The number of rotatable bonds is 7. The van der Waals surface area contributed by atoms with Gasteiger partial charge in [0.05, 0.1) is 25.5 Å². The lowest BCUT2D eigenvalue weighted by Gasteiger charge is -2.28. The van der Waals surface area contributed by atoms with Crippen LogP contribution in [0.15, 0.2) is 27.6 Å². The van der Waals surface area contributed by atoms with Crippen LogP contribution in [0.4, 0.5) is 5.82 Å². The van der Waals surface area contributed by atoms with Gasteiger partial charge < -0.3 is 19.3 Å². The highest BCUT2D eigenvalue weighted by atomic mass is 79.9. The van der Waals surface area contributed by atoms with Crippen LogP contribution in [0.5, 0.6) is 5.75 Å². The summed E-state index contributed by atoms with van der Waals surface area (Å²) < 4.78 is 37.6. The molecule has 0 bridgehead atoms. The predicted molar refractivity (Wildman–Crippen MR) is 138 cm³/mol. The van der Waals surface area contributed by atoms with Crippen LogP contribution in [0.2, 0.25) is 0 Å². The van der Waals surface area contributed by atoms with Crippen LogP contribution in [0.25, 0.3) is 14.9 Å². The number of aryl methyl sites for hydroxylation is 2. The molecule has 1 fully saturated rings. The molecule has 1 aliphatic heterocycles. The maximum atomic E-state index is 13.5. The number of quaternary nitrogens is 1. The Balaban J connectivity index is 1.55. The first-order valence-corrected chi connectivity index (χ1v) is 14.9. The molecule has 1 aliphatic carbocycles. The van der Waals surface area contributed by atoms with E-state index in [-0.39, 0.29) is 10.7 Å². The van der Waals surface area contributed by atoms with Gasteiger partial charge in [-0.1, -0.05) is 22.9 Å². The number of thiophene rings is 1. The fourth-order valence-electron chi connectivity index (χ4n) is 4.86. The minimum Gasteiger partial charge on any atom is -0.493 e. The van der Waals surface area contributed by atoms with Gasteiger partial charge in [0, 0.05) is 14.7 Å². The highest BCUT2D eigenvalue weighted by Crippen LogP contribution is 2.44. The van der Waals surface area contributed by atoms with E-state index in [1.54, 1.807) is 29.5 Å². The number of halogens is 1. The quantitative estimate of drug-likeness (QED) is 0.454. The number of hydrogen-bond donors (Lipinski definition) is 1. The van der Waals surface area contributed by atoms with E-state index in [0.29, 0.717) is 29.2 Å². The number of ether oxygens (including phenoxy) is 1. The van der Waals surface area contributed by atoms with E-state index in [4.69, 9.17) is 14.7 Å². The number of piperidine rings is 1. The van der Waals surface area contributed by atoms with Crippen LogP contribution in [0, 0.1) is 5.92 Å². The summed E-state index contributed by atoms with van der Waals surface area (Å²) in [6, 6.07) is 4.96. The molecule has 0 saturated carbocycles. The van der Waals surface area contributed by atoms with Crippen LogP contribution in [-0.2, 0) is 29.4 Å². The number of likely N-dealkylation sites (tertiary alicyclic amines) is 1. The van der Waals surface area contributed by atoms with E-state index < -0.39 is 10.0 Å². The maximum absolute atomic E-state index is 13.5. The molecule has 1 aromatic carbocycles. The molecule has 5 rings (SSSR count). The zero-order chi connectivity index (χ0) is 23.9. The third-order valence-corrected chi connectivity index (χ3v) is 9.64. The molecule has 0 spiro atoms. The Morgan fingerprint density at radius 1 is 1.24 bits per heavy atom. The third-order valence-electron chi connectivity index (χ3n) is 6.67. The summed E-state index contributed by atoms with van der Waals surface area (Å²) in [5.74, 6) is 1.99. The Morgan fingerprint density at radius 2 is 2.03 bits per heavy atom. The Morgan fingerprint density at radius 3 is 2.79 bits per heavy atom. The summed E-state index contributed by atoms with van der Waals surface area (Å²) in [7, 11) is -4.06.